The Kier molecular flexibility index (Phi) is 4.52. The lowest BCUT2D eigenvalue weighted by Gasteiger charge is -2.50. The van der Waals surface area contributed by atoms with E-state index >= 15 is 0 Å². The number of nitrogens with zero attached hydrogens (tertiary/aromatic N) is 2. The van der Waals surface area contributed by atoms with Gasteiger partial charge in [0.05, 0.1) is 0 Å². The molecule has 6 nitrogen and oxygen atoms in total. The molecule has 2 saturated carbocycles. The number of hydrogen-bond donors (Lipinski definition) is 2. The van der Waals surface area contributed by atoms with Crippen LogP contribution < -0.4 is 10.7 Å². The second kappa shape index (κ2) is 6.64. The van der Waals surface area contributed by atoms with E-state index in [1.807, 2.05) is 11.9 Å². The Morgan fingerprint density at radius 1 is 1.08 bits per heavy atom. The van der Waals surface area contributed by atoms with Crippen LogP contribution >= 0.6 is 0 Å². The normalized spacial score (nSPS) is 37.9. The highest BCUT2D eigenvalue weighted by atomic mass is 16.2. The molecule has 0 bridgehead atoms. The van der Waals surface area contributed by atoms with E-state index in [0.29, 0.717) is 12.1 Å². The van der Waals surface area contributed by atoms with Crippen molar-refractivity contribution in [3.63, 3.8) is 0 Å². The number of likely N-dealkylation sites (N-methyl/N-ethyl adjacent to an activating group) is 1. The Morgan fingerprint density at radius 3 is 2.67 bits per heavy atom. The molecule has 0 aromatic carbocycles. The largest absolute Gasteiger partial charge is 0.353 e. The second-order valence-corrected chi connectivity index (χ2v) is 8.06. The van der Waals surface area contributed by atoms with Crippen LogP contribution in [0.1, 0.15) is 57.8 Å². The summed E-state index contributed by atoms with van der Waals surface area (Å²) in [5.74, 6) is 0.495. The molecule has 4 unspecified atom stereocenters. The van der Waals surface area contributed by atoms with Crippen LogP contribution in [-0.2, 0) is 9.59 Å². The van der Waals surface area contributed by atoms with Crippen molar-refractivity contribution < 1.29 is 9.59 Å². The number of rotatable bonds is 2. The van der Waals surface area contributed by atoms with E-state index in [0.717, 1.165) is 45.1 Å². The maximum absolute atomic E-state index is 12.7. The van der Waals surface area contributed by atoms with Gasteiger partial charge in [-0.1, -0.05) is 19.3 Å². The van der Waals surface area contributed by atoms with E-state index in [2.05, 4.69) is 15.8 Å². The van der Waals surface area contributed by atoms with Crippen LogP contribution in [0.4, 0.5) is 0 Å². The molecule has 2 aliphatic carbocycles. The van der Waals surface area contributed by atoms with Crippen molar-refractivity contribution in [3.05, 3.63) is 0 Å². The van der Waals surface area contributed by atoms with Crippen molar-refractivity contribution in [1.82, 2.24) is 20.7 Å². The minimum absolute atomic E-state index is 0.00358. The first-order valence-corrected chi connectivity index (χ1v) is 9.74. The van der Waals surface area contributed by atoms with Crippen LogP contribution in [0.15, 0.2) is 0 Å². The molecule has 2 N–H and O–H groups in total. The standard InChI is InChI=1S/C18H30N4O2/c1-21-16-11-12(17(23)20-13-5-3-2-4-6-13)7-8-14(16)22-15(18(21)24)9-10-19-22/h12-16,19H,2-11H2,1H3,(H,20,23). The molecule has 2 saturated heterocycles. The van der Waals surface area contributed by atoms with E-state index in [1.165, 1.54) is 19.3 Å². The molecule has 4 rings (SSSR count). The van der Waals surface area contributed by atoms with Gasteiger partial charge in [-0.05, 0) is 38.5 Å². The first-order chi connectivity index (χ1) is 11.6. The Hall–Kier alpha value is -1.14. The summed E-state index contributed by atoms with van der Waals surface area (Å²) in [6.45, 7) is 0.888. The smallest absolute Gasteiger partial charge is 0.241 e. The zero-order valence-corrected chi connectivity index (χ0v) is 14.7. The predicted octanol–water partition coefficient (Wildman–Crippen LogP) is 1.02. The van der Waals surface area contributed by atoms with E-state index in [-0.39, 0.29) is 29.8 Å². The average molecular weight is 334 g/mol. The molecule has 4 aliphatic rings. The Bertz CT molecular complexity index is 505. The number of fused-ring (bicyclic) bond motifs is 3. The monoisotopic (exact) mass is 334 g/mol. The minimum atomic E-state index is 0.00358. The van der Waals surface area contributed by atoms with E-state index in [9.17, 15) is 9.59 Å². The summed E-state index contributed by atoms with van der Waals surface area (Å²) in [6.07, 6.45) is 9.66. The van der Waals surface area contributed by atoms with Gasteiger partial charge in [0, 0.05) is 37.6 Å². The van der Waals surface area contributed by atoms with E-state index in [4.69, 9.17) is 0 Å². The fourth-order valence-electron chi connectivity index (χ4n) is 5.24. The van der Waals surface area contributed by atoms with Crippen molar-refractivity contribution >= 4 is 11.8 Å². The average Bonchev–Trinajstić information content (AvgIpc) is 3.10. The third kappa shape index (κ3) is 2.84. The second-order valence-electron chi connectivity index (χ2n) is 8.06. The molecular formula is C18H30N4O2. The Labute approximate surface area is 144 Å². The molecule has 24 heavy (non-hydrogen) atoms. The van der Waals surface area contributed by atoms with Gasteiger partial charge in [-0.15, -0.1) is 0 Å². The number of piperazine rings is 1. The van der Waals surface area contributed by atoms with Crippen molar-refractivity contribution in [1.29, 1.82) is 0 Å². The summed E-state index contributed by atoms with van der Waals surface area (Å²) >= 11 is 0. The van der Waals surface area contributed by atoms with Crippen molar-refractivity contribution in [2.45, 2.75) is 82.0 Å². The number of nitrogens with one attached hydrogen (secondary N) is 2. The summed E-state index contributed by atoms with van der Waals surface area (Å²) in [6, 6.07) is 0.900. The Balaban J connectivity index is 1.40. The summed E-state index contributed by atoms with van der Waals surface area (Å²) in [4.78, 5) is 27.2. The van der Waals surface area contributed by atoms with Gasteiger partial charge in [-0.2, -0.15) is 0 Å². The van der Waals surface area contributed by atoms with Gasteiger partial charge in [-0.3, -0.25) is 15.0 Å². The lowest BCUT2D eigenvalue weighted by atomic mass is 9.78. The molecule has 0 spiro atoms. The van der Waals surface area contributed by atoms with Crippen LogP contribution in [0.3, 0.4) is 0 Å². The summed E-state index contributed by atoms with van der Waals surface area (Å²) in [5, 5.41) is 5.48. The molecule has 0 aromatic heterocycles. The van der Waals surface area contributed by atoms with Gasteiger partial charge in [0.15, 0.2) is 0 Å². The highest BCUT2D eigenvalue weighted by Crippen LogP contribution is 2.36. The molecule has 2 heterocycles. The first-order valence-electron chi connectivity index (χ1n) is 9.74. The highest BCUT2D eigenvalue weighted by molar-refractivity contribution is 5.84. The zero-order valence-electron chi connectivity index (χ0n) is 14.7. The SMILES string of the molecule is CN1C(=O)C2CCNN2C2CCC(C(=O)NC3CCCCC3)CC21. The fraction of sp³-hybridized carbons (Fsp3) is 0.889. The van der Waals surface area contributed by atoms with Crippen LogP contribution in [0, 0.1) is 5.92 Å². The number of hydrogen-bond acceptors (Lipinski definition) is 4. The van der Waals surface area contributed by atoms with Gasteiger partial charge < -0.3 is 10.2 Å². The molecule has 6 heteroatoms. The minimum Gasteiger partial charge on any atom is -0.353 e. The number of amides is 2. The molecule has 2 amide bonds. The predicted molar refractivity (Wildman–Crippen MR) is 90.9 cm³/mol. The van der Waals surface area contributed by atoms with Crippen molar-refractivity contribution in [2.75, 3.05) is 13.6 Å². The topological polar surface area (TPSA) is 64.7 Å². The number of carbonyl (C=O) groups excluding carboxylic acids is 2. The van der Waals surface area contributed by atoms with Gasteiger partial charge in [0.2, 0.25) is 11.8 Å². The molecule has 134 valence electrons. The van der Waals surface area contributed by atoms with Crippen LogP contribution in [0.2, 0.25) is 0 Å². The fourth-order valence-corrected chi connectivity index (χ4v) is 5.24. The third-order valence-electron chi connectivity index (χ3n) is 6.64. The van der Waals surface area contributed by atoms with Crippen LogP contribution in [0.5, 0.6) is 0 Å². The molecule has 0 radical (unpaired) electrons. The summed E-state index contributed by atoms with van der Waals surface area (Å²) in [5.41, 5.74) is 3.40. The van der Waals surface area contributed by atoms with Crippen molar-refractivity contribution in [3.8, 4) is 0 Å². The highest BCUT2D eigenvalue weighted by Gasteiger charge is 2.50. The quantitative estimate of drug-likeness (QED) is 0.791. The van der Waals surface area contributed by atoms with E-state index in [1.54, 1.807) is 0 Å². The molecule has 0 aromatic rings. The van der Waals surface area contributed by atoms with E-state index < -0.39 is 0 Å². The van der Waals surface area contributed by atoms with Gasteiger partial charge in [0.25, 0.3) is 0 Å². The van der Waals surface area contributed by atoms with Crippen molar-refractivity contribution in [2.24, 2.45) is 5.92 Å². The lowest BCUT2D eigenvalue weighted by Crippen LogP contribution is -2.67. The molecule has 4 fully saturated rings. The molecule has 4 atom stereocenters. The molecule has 2 aliphatic heterocycles. The third-order valence-corrected chi connectivity index (χ3v) is 6.64. The van der Waals surface area contributed by atoms with Gasteiger partial charge in [-0.25, -0.2) is 5.01 Å². The van der Waals surface area contributed by atoms with Gasteiger partial charge in [0.1, 0.15) is 6.04 Å². The first kappa shape index (κ1) is 16.3. The zero-order chi connectivity index (χ0) is 16.7. The van der Waals surface area contributed by atoms with Crippen LogP contribution in [-0.4, -0.2) is 59.5 Å². The maximum atomic E-state index is 12.7. The summed E-state index contributed by atoms with van der Waals surface area (Å²) < 4.78 is 0. The molecular weight excluding hydrogens is 304 g/mol. The lowest BCUT2D eigenvalue weighted by molar-refractivity contribution is -0.153. The Morgan fingerprint density at radius 2 is 1.88 bits per heavy atom. The van der Waals surface area contributed by atoms with Gasteiger partial charge >= 0.3 is 0 Å². The number of carbonyl (C=O) groups is 2. The summed E-state index contributed by atoms with van der Waals surface area (Å²) in [7, 11) is 1.93. The number of hydrazine groups is 1. The maximum Gasteiger partial charge on any atom is 0.241 e. The van der Waals surface area contributed by atoms with Crippen LogP contribution in [0.25, 0.3) is 0 Å².